The third kappa shape index (κ3) is 3.95. The summed E-state index contributed by atoms with van der Waals surface area (Å²) in [5, 5.41) is 3.36. The standard InChI is InChI=1S/C24H20N6O5/c1-14-4-16-18(34-14)5-15(22(31)29-20-8-25-2-3-26-20)6-19(16)35-21-9-27-17(7-28-21)23(32)30-10-24(11-30)12-33-13-24/h2-9H,10-13H2,1H3,(H,26,29,31). The summed E-state index contributed by atoms with van der Waals surface area (Å²) in [5.74, 6) is 0.958. The van der Waals surface area contributed by atoms with Crippen molar-refractivity contribution in [1.82, 2.24) is 24.8 Å². The lowest BCUT2D eigenvalue weighted by molar-refractivity contribution is -0.176. The number of carbonyl (C=O) groups is 2. The lowest BCUT2D eigenvalue weighted by Gasteiger charge is -2.54. The molecule has 6 rings (SSSR count). The second-order valence-electron chi connectivity index (χ2n) is 8.78. The number of fused-ring (bicyclic) bond motifs is 1. The number of hydrogen-bond acceptors (Lipinski definition) is 9. The van der Waals surface area contributed by atoms with Crippen LogP contribution in [0.15, 0.2) is 53.6 Å². The van der Waals surface area contributed by atoms with E-state index < -0.39 is 5.91 Å². The number of likely N-dealkylation sites (tertiary alicyclic amines) is 1. The zero-order valence-corrected chi connectivity index (χ0v) is 18.7. The average molecular weight is 472 g/mol. The fourth-order valence-electron chi connectivity index (χ4n) is 4.24. The van der Waals surface area contributed by atoms with Gasteiger partial charge in [-0.3, -0.25) is 14.6 Å². The average Bonchev–Trinajstić information content (AvgIpc) is 3.19. The summed E-state index contributed by atoms with van der Waals surface area (Å²) < 4.78 is 16.9. The molecule has 2 saturated heterocycles. The molecule has 1 aromatic carbocycles. The monoisotopic (exact) mass is 472 g/mol. The van der Waals surface area contributed by atoms with Gasteiger partial charge in [0.1, 0.15) is 22.8 Å². The van der Waals surface area contributed by atoms with Crippen LogP contribution < -0.4 is 10.1 Å². The van der Waals surface area contributed by atoms with E-state index in [-0.39, 0.29) is 22.9 Å². The quantitative estimate of drug-likeness (QED) is 0.465. The van der Waals surface area contributed by atoms with E-state index in [1.165, 1.54) is 31.0 Å². The molecule has 2 aliphatic heterocycles. The summed E-state index contributed by atoms with van der Waals surface area (Å²) in [5.41, 5.74) is 1.16. The maximum atomic E-state index is 12.8. The predicted octanol–water partition coefficient (Wildman–Crippen LogP) is 2.84. The van der Waals surface area contributed by atoms with E-state index in [0.717, 1.165) is 0 Å². The number of aromatic nitrogens is 4. The number of furan rings is 1. The number of rotatable bonds is 5. The summed E-state index contributed by atoms with van der Waals surface area (Å²) in [7, 11) is 0. The topological polar surface area (TPSA) is 133 Å². The summed E-state index contributed by atoms with van der Waals surface area (Å²) in [6, 6.07) is 5.02. The molecule has 1 N–H and O–H groups in total. The van der Waals surface area contributed by atoms with E-state index in [0.29, 0.717) is 60.2 Å². The number of nitrogens with zero attached hydrogens (tertiary/aromatic N) is 5. The zero-order chi connectivity index (χ0) is 24.0. The van der Waals surface area contributed by atoms with Crippen LogP contribution in [-0.4, -0.2) is 63.0 Å². The molecule has 4 aromatic rings. The Hall–Kier alpha value is -4.38. The molecule has 2 aliphatic rings. The van der Waals surface area contributed by atoms with E-state index in [1.807, 2.05) is 6.07 Å². The molecular formula is C24H20N6O5. The summed E-state index contributed by atoms with van der Waals surface area (Å²) in [6.45, 7) is 4.55. The van der Waals surface area contributed by atoms with Crippen LogP contribution in [0.25, 0.3) is 11.0 Å². The van der Waals surface area contributed by atoms with Gasteiger partial charge < -0.3 is 24.1 Å². The van der Waals surface area contributed by atoms with Gasteiger partial charge in [-0.1, -0.05) is 0 Å². The molecule has 0 radical (unpaired) electrons. The van der Waals surface area contributed by atoms with Gasteiger partial charge in [0.2, 0.25) is 5.88 Å². The van der Waals surface area contributed by atoms with Gasteiger partial charge in [0, 0.05) is 31.0 Å². The first kappa shape index (κ1) is 21.2. The van der Waals surface area contributed by atoms with Crippen LogP contribution >= 0.6 is 0 Å². The number of amides is 2. The molecule has 0 aliphatic carbocycles. The normalized spacial score (nSPS) is 16.0. The lowest BCUT2D eigenvalue weighted by atomic mass is 9.78. The van der Waals surface area contributed by atoms with Crippen LogP contribution in [0.2, 0.25) is 0 Å². The Morgan fingerprint density at radius 3 is 2.60 bits per heavy atom. The van der Waals surface area contributed by atoms with E-state index >= 15 is 0 Å². The minimum absolute atomic E-state index is 0.130. The van der Waals surface area contributed by atoms with Crippen molar-refractivity contribution in [2.45, 2.75) is 6.92 Å². The molecule has 176 valence electrons. The number of hydrogen-bond donors (Lipinski definition) is 1. The number of carbonyl (C=O) groups excluding carboxylic acids is 2. The molecule has 0 bridgehead atoms. The molecule has 5 heterocycles. The molecule has 1 spiro atoms. The van der Waals surface area contributed by atoms with E-state index in [4.69, 9.17) is 13.9 Å². The highest BCUT2D eigenvalue weighted by Gasteiger charge is 2.50. The van der Waals surface area contributed by atoms with Gasteiger partial charge in [-0.15, -0.1) is 0 Å². The molecule has 11 heteroatoms. The predicted molar refractivity (Wildman–Crippen MR) is 122 cm³/mol. The maximum absolute atomic E-state index is 12.8. The Bertz CT molecular complexity index is 1420. The van der Waals surface area contributed by atoms with Crippen molar-refractivity contribution in [2.75, 3.05) is 31.6 Å². The Balaban J connectivity index is 1.22. The van der Waals surface area contributed by atoms with Gasteiger partial charge in [0.05, 0.1) is 42.6 Å². The molecule has 11 nitrogen and oxygen atoms in total. The largest absolute Gasteiger partial charge is 0.461 e. The summed E-state index contributed by atoms with van der Waals surface area (Å²) >= 11 is 0. The zero-order valence-electron chi connectivity index (χ0n) is 18.7. The van der Waals surface area contributed by atoms with Crippen molar-refractivity contribution >= 4 is 28.6 Å². The Labute approximate surface area is 199 Å². The first-order valence-corrected chi connectivity index (χ1v) is 11.0. The van der Waals surface area contributed by atoms with Crippen LogP contribution in [0.4, 0.5) is 5.82 Å². The van der Waals surface area contributed by atoms with Crippen LogP contribution in [0.3, 0.4) is 0 Å². The van der Waals surface area contributed by atoms with Crippen molar-refractivity contribution in [1.29, 1.82) is 0 Å². The van der Waals surface area contributed by atoms with Gasteiger partial charge in [0.25, 0.3) is 11.8 Å². The number of anilines is 1. The highest BCUT2D eigenvalue weighted by molar-refractivity contribution is 6.06. The van der Waals surface area contributed by atoms with Crippen molar-refractivity contribution in [3.63, 3.8) is 0 Å². The van der Waals surface area contributed by atoms with Gasteiger partial charge in [0.15, 0.2) is 5.82 Å². The number of aryl methyl sites for hydroxylation is 1. The molecule has 2 fully saturated rings. The van der Waals surface area contributed by atoms with Gasteiger partial charge >= 0.3 is 0 Å². The van der Waals surface area contributed by atoms with Crippen molar-refractivity contribution < 1.29 is 23.5 Å². The Kier molecular flexibility index (Phi) is 4.92. The fraction of sp³-hybridized carbons (Fsp3) is 0.250. The first-order valence-electron chi connectivity index (χ1n) is 11.0. The van der Waals surface area contributed by atoms with Crippen LogP contribution in [-0.2, 0) is 4.74 Å². The molecule has 35 heavy (non-hydrogen) atoms. The van der Waals surface area contributed by atoms with Gasteiger partial charge in [-0.05, 0) is 25.1 Å². The van der Waals surface area contributed by atoms with E-state index in [2.05, 4.69) is 25.3 Å². The SMILES string of the molecule is Cc1cc2c(Oc3cnc(C(=O)N4CC5(COC5)C4)cn3)cc(C(=O)Nc3cnccn3)cc2o1. The maximum Gasteiger partial charge on any atom is 0.274 e. The second-order valence-corrected chi connectivity index (χ2v) is 8.78. The third-order valence-corrected chi connectivity index (χ3v) is 6.01. The van der Waals surface area contributed by atoms with Crippen molar-refractivity contribution in [3.8, 4) is 11.6 Å². The number of benzene rings is 1. The summed E-state index contributed by atoms with van der Waals surface area (Å²) in [4.78, 5) is 43.7. The summed E-state index contributed by atoms with van der Waals surface area (Å²) in [6.07, 6.45) is 7.23. The van der Waals surface area contributed by atoms with Crippen molar-refractivity contribution in [2.24, 2.45) is 5.41 Å². The molecule has 3 aromatic heterocycles. The highest BCUT2D eigenvalue weighted by atomic mass is 16.5. The smallest absolute Gasteiger partial charge is 0.274 e. The van der Waals surface area contributed by atoms with E-state index in [9.17, 15) is 9.59 Å². The Morgan fingerprint density at radius 1 is 1.06 bits per heavy atom. The first-order chi connectivity index (χ1) is 17.0. The number of ether oxygens (including phenoxy) is 2. The Morgan fingerprint density at radius 2 is 1.91 bits per heavy atom. The van der Waals surface area contributed by atoms with Crippen LogP contribution in [0, 0.1) is 12.3 Å². The number of nitrogens with one attached hydrogen (secondary N) is 1. The minimum Gasteiger partial charge on any atom is -0.461 e. The fourth-order valence-corrected chi connectivity index (χ4v) is 4.24. The van der Waals surface area contributed by atoms with Crippen LogP contribution in [0.5, 0.6) is 11.6 Å². The third-order valence-electron chi connectivity index (χ3n) is 6.01. The molecule has 0 saturated carbocycles. The molecule has 0 atom stereocenters. The van der Waals surface area contributed by atoms with Gasteiger partial charge in [-0.2, -0.15) is 0 Å². The minimum atomic E-state index is -0.400. The van der Waals surface area contributed by atoms with Crippen molar-refractivity contribution in [3.05, 3.63) is 66.2 Å². The van der Waals surface area contributed by atoms with Gasteiger partial charge in [-0.25, -0.2) is 15.0 Å². The molecule has 0 unspecified atom stereocenters. The molecular weight excluding hydrogens is 452 g/mol. The van der Waals surface area contributed by atoms with Crippen LogP contribution in [0.1, 0.15) is 26.6 Å². The highest BCUT2D eigenvalue weighted by Crippen LogP contribution is 2.38. The van der Waals surface area contributed by atoms with E-state index in [1.54, 1.807) is 24.0 Å². The lowest BCUT2D eigenvalue weighted by Crippen LogP contribution is -2.67. The molecule has 2 amide bonds. The second kappa shape index (κ2) is 8.13.